The Bertz CT molecular complexity index is 205. The summed E-state index contributed by atoms with van der Waals surface area (Å²) in [5.41, 5.74) is -0.140. The van der Waals surface area contributed by atoms with Gasteiger partial charge in [-0.2, -0.15) is 0 Å². The number of aliphatic hydroxyl groups is 2. The van der Waals surface area contributed by atoms with Gasteiger partial charge in [0.05, 0.1) is 12.2 Å². The van der Waals surface area contributed by atoms with Crippen molar-refractivity contribution in [1.29, 1.82) is 0 Å². The maximum atomic E-state index is 10.3. The first kappa shape index (κ1) is 11.4. The molecule has 2 nitrogen and oxygen atoms in total. The van der Waals surface area contributed by atoms with Gasteiger partial charge < -0.3 is 10.2 Å². The topological polar surface area (TPSA) is 40.5 Å². The van der Waals surface area contributed by atoms with Crippen LogP contribution in [0.5, 0.6) is 0 Å². The molecule has 0 saturated heterocycles. The van der Waals surface area contributed by atoms with Crippen molar-refractivity contribution in [2.75, 3.05) is 0 Å². The van der Waals surface area contributed by atoms with Crippen LogP contribution in [0, 0.1) is 5.41 Å². The van der Waals surface area contributed by atoms with E-state index in [1.165, 1.54) is 25.7 Å². The monoisotopic (exact) mass is 212 g/mol. The molecule has 0 aliphatic heterocycles. The van der Waals surface area contributed by atoms with Gasteiger partial charge in [0.2, 0.25) is 0 Å². The lowest BCUT2D eigenvalue weighted by molar-refractivity contribution is -0.107. The minimum absolute atomic E-state index is 0.140. The van der Waals surface area contributed by atoms with E-state index in [4.69, 9.17) is 0 Å². The Morgan fingerprint density at radius 3 is 1.80 bits per heavy atom. The first-order valence-corrected chi connectivity index (χ1v) is 6.62. The maximum absolute atomic E-state index is 10.3. The molecule has 2 N–H and O–H groups in total. The molecule has 2 fully saturated rings. The van der Waals surface area contributed by atoms with Gasteiger partial charge in [-0.1, -0.05) is 38.5 Å². The lowest BCUT2D eigenvalue weighted by Gasteiger charge is -2.46. The molecule has 0 amide bonds. The third kappa shape index (κ3) is 2.21. The third-order valence-corrected chi connectivity index (χ3v) is 4.57. The SMILES string of the molecule is O[C@@H]1CCCCCC[C@]12CCCC[C@@H]2O. The maximum Gasteiger partial charge on any atom is 0.0621 e. The standard InChI is InChI=1S/C13H24O2/c14-11-7-3-1-2-5-9-13(11)10-6-4-8-12(13)15/h11-12,14-15H,1-10H2/t11-,12+,13+/m1/s1. The van der Waals surface area contributed by atoms with Crippen LogP contribution in [0.3, 0.4) is 0 Å². The molecule has 2 rings (SSSR count). The largest absolute Gasteiger partial charge is 0.392 e. The van der Waals surface area contributed by atoms with Gasteiger partial charge in [-0.15, -0.1) is 0 Å². The molecule has 88 valence electrons. The Hall–Kier alpha value is -0.0800. The fourth-order valence-corrected chi connectivity index (χ4v) is 3.53. The molecule has 1 spiro atoms. The molecule has 15 heavy (non-hydrogen) atoms. The highest BCUT2D eigenvalue weighted by atomic mass is 16.3. The minimum atomic E-state index is -0.256. The van der Waals surface area contributed by atoms with Crippen molar-refractivity contribution >= 4 is 0 Å². The summed E-state index contributed by atoms with van der Waals surface area (Å²) in [4.78, 5) is 0. The zero-order valence-electron chi connectivity index (χ0n) is 9.62. The Morgan fingerprint density at radius 2 is 1.13 bits per heavy atom. The van der Waals surface area contributed by atoms with Crippen LogP contribution in [0.4, 0.5) is 0 Å². The fraction of sp³-hybridized carbons (Fsp3) is 1.00. The lowest BCUT2D eigenvalue weighted by Crippen LogP contribution is -2.47. The zero-order valence-corrected chi connectivity index (χ0v) is 9.62. The Labute approximate surface area is 92.7 Å². The summed E-state index contributed by atoms with van der Waals surface area (Å²) < 4.78 is 0. The summed E-state index contributed by atoms with van der Waals surface area (Å²) in [5.74, 6) is 0. The molecule has 0 unspecified atom stereocenters. The van der Waals surface area contributed by atoms with Crippen LogP contribution in [0.1, 0.15) is 64.2 Å². The molecule has 2 aliphatic rings. The molecule has 0 aromatic rings. The Balaban J connectivity index is 2.11. The van der Waals surface area contributed by atoms with E-state index in [0.29, 0.717) is 0 Å². The molecule has 0 heterocycles. The van der Waals surface area contributed by atoms with E-state index in [9.17, 15) is 10.2 Å². The van der Waals surface area contributed by atoms with Crippen molar-refractivity contribution in [2.45, 2.75) is 76.4 Å². The second-order valence-electron chi connectivity index (χ2n) is 5.46. The second kappa shape index (κ2) is 4.84. The molecule has 0 bridgehead atoms. The number of aliphatic hydroxyl groups excluding tert-OH is 2. The zero-order chi connectivity index (χ0) is 10.7. The van der Waals surface area contributed by atoms with Crippen LogP contribution in [-0.2, 0) is 0 Å². The van der Waals surface area contributed by atoms with Crippen LogP contribution in [-0.4, -0.2) is 22.4 Å². The summed E-state index contributed by atoms with van der Waals surface area (Å²) in [7, 11) is 0. The summed E-state index contributed by atoms with van der Waals surface area (Å²) in [6.45, 7) is 0. The van der Waals surface area contributed by atoms with Gasteiger partial charge in [-0.3, -0.25) is 0 Å². The van der Waals surface area contributed by atoms with Crippen LogP contribution < -0.4 is 0 Å². The van der Waals surface area contributed by atoms with E-state index in [-0.39, 0.29) is 17.6 Å². The smallest absolute Gasteiger partial charge is 0.0621 e. The molecule has 0 aromatic heterocycles. The van der Waals surface area contributed by atoms with Crippen molar-refractivity contribution in [2.24, 2.45) is 5.41 Å². The van der Waals surface area contributed by atoms with Gasteiger partial charge >= 0.3 is 0 Å². The lowest BCUT2D eigenvalue weighted by atomic mass is 9.63. The van der Waals surface area contributed by atoms with Crippen LogP contribution in [0.25, 0.3) is 0 Å². The van der Waals surface area contributed by atoms with E-state index in [1.807, 2.05) is 0 Å². The molecule has 0 aromatic carbocycles. The number of rotatable bonds is 0. The van der Waals surface area contributed by atoms with Gasteiger partial charge in [-0.05, 0) is 25.7 Å². The van der Waals surface area contributed by atoms with Crippen molar-refractivity contribution < 1.29 is 10.2 Å². The van der Waals surface area contributed by atoms with Crippen molar-refractivity contribution in [3.63, 3.8) is 0 Å². The van der Waals surface area contributed by atoms with Gasteiger partial charge in [0.25, 0.3) is 0 Å². The van der Waals surface area contributed by atoms with E-state index < -0.39 is 0 Å². The predicted molar refractivity (Wildman–Crippen MR) is 60.6 cm³/mol. The third-order valence-electron chi connectivity index (χ3n) is 4.57. The van der Waals surface area contributed by atoms with E-state index in [2.05, 4.69) is 0 Å². The summed E-state index contributed by atoms with van der Waals surface area (Å²) in [5, 5.41) is 20.5. The highest BCUT2D eigenvalue weighted by molar-refractivity contribution is 4.95. The van der Waals surface area contributed by atoms with Gasteiger partial charge in [-0.25, -0.2) is 0 Å². The normalized spacial score (nSPS) is 43.6. The average Bonchev–Trinajstić information content (AvgIpc) is 2.23. The van der Waals surface area contributed by atoms with Crippen molar-refractivity contribution in [1.82, 2.24) is 0 Å². The fourth-order valence-electron chi connectivity index (χ4n) is 3.53. The molecule has 2 aliphatic carbocycles. The van der Waals surface area contributed by atoms with Gasteiger partial charge in [0, 0.05) is 5.41 Å². The van der Waals surface area contributed by atoms with E-state index in [0.717, 1.165) is 38.5 Å². The van der Waals surface area contributed by atoms with Crippen LogP contribution in [0.2, 0.25) is 0 Å². The first-order valence-electron chi connectivity index (χ1n) is 6.62. The number of hydrogen-bond acceptors (Lipinski definition) is 2. The number of hydrogen-bond donors (Lipinski definition) is 2. The first-order chi connectivity index (χ1) is 7.26. The highest BCUT2D eigenvalue weighted by Gasteiger charge is 2.45. The van der Waals surface area contributed by atoms with Gasteiger partial charge in [0.15, 0.2) is 0 Å². The second-order valence-corrected chi connectivity index (χ2v) is 5.46. The predicted octanol–water partition coefficient (Wildman–Crippen LogP) is 2.62. The summed E-state index contributed by atoms with van der Waals surface area (Å²) in [6.07, 6.45) is 10.5. The molecule has 0 radical (unpaired) electrons. The molecular formula is C13H24O2. The van der Waals surface area contributed by atoms with Crippen LogP contribution >= 0.6 is 0 Å². The van der Waals surface area contributed by atoms with Crippen molar-refractivity contribution in [3.05, 3.63) is 0 Å². The van der Waals surface area contributed by atoms with Crippen LogP contribution in [0.15, 0.2) is 0 Å². The molecular weight excluding hydrogens is 188 g/mol. The molecule has 3 atom stereocenters. The average molecular weight is 212 g/mol. The summed E-state index contributed by atoms with van der Waals surface area (Å²) >= 11 is 0. The van der Waals surface area contributed by atoms with Crippen molar-refractivity contribution in [3.8, 4) is 0 Å². The highest BCUT2D eigenvalue weighted by Crippen LogP contribution is 2.46. The summed E-state index contributed by atoms with van der Waals surface area (Å²) in [6, 6.07) is 0. The Morgan fingerprint density at radius 1 is 0.667 bits per heavy atom. The minimum Gasteiger partial charge on any atom is -0.392 e. The molecule has 2 saturated carbocycles. The van der Waals surface area contributed by atoms with E-state index >= 15 is 0 Å². The Kier molecular flexibility index (Phi) is 3.68. The quantitative estimate of drug-likeness (QED) is 0.648. The van der Waals surface area contributed by atoms with Gasteiger partial charge in [0.1, 0.15) is 0 Å². The molecule has 2 heteroatoms. The van der Waals surface area contributed by atoms with E-state index in [1.54, 1.807) is 0 Å².